The van der Waals surface area contributed by atoms with E-state index < -0.39 is 36.5 Å². The van der Waals surface area contributed by atoms with E-state index in [2.05, 4.69) is 10.2 Å². The van der Waals surface area contributed by atoms with Crippen LogP contribution >= 0.6 is 0 Å². The summed E-state index contributed by atoms with van der Waals surface area (Å²) in [5.74, 6) is -2.15. The van der Waals surface area contributed by atoms with Crippen LogP contribution in [0.25, 0.3) is 0 Å². The summed E-state index contributed by atoms with van der Waals surface area (Å²) < 4.78 is 5.37. The fraction of sp³-hybridized carbons (Fsp3) is 0.200. The van der Waals surface area contributed by atoms with Crippen LogP contribution in [0.4, 0.5) is 4.79 Å². The molecule has 0 spiro atoms. The summed E-state index contributed by atoms with van der Waals surface area (Å²) in [6.45, 7) is -0.777. The van der Waals surface area contributed by atoms with Crippen molar-refractivity contribution in [3.8, 4) is 11.8 Å². The quantitative estimate of drug-likeness (QED) is 0.590. The molecule has 1 aromatic heterocycles. The number of hydrogen-bond donors (Lipinski definition) is 4. The summed E-state index contributed by atoms with van der Waals surface area (Å²) in [4.78, 5) is 28.2. The Morgan fingerprint density at radius 1 is 1.08 bits per heavy atom. The summed E-state index contributed by atoms with van der Waals surface area (Å²) in [6, 6.07) is 9.63. The van der Waals surface area contributed by atoms with Crippen LogP contribution in [0.3, 0.4) is 0 Å². The van der Waals surface area contributed by atoms with Crippen LogP contribution in [0.15, 0.2) is 42.5 Å². The minimum Gasteiger partial charge on any atom is -0.492 e. The van der Waals surface area contributed by atoms with Crippen molar-refractivity contribution >= 4 is 12.1 Å². The van der Waals surface area contributed by atoms with Gasteiger partial charge in [0.25, 0.3) is 0 Å². The smallest absolute Gasteiger partial charge is 0.408 e. The lowest BCUT2D eigenvalue weighted by atomic mass is 10.2. The minimum absolute atomic E-state index is 0.0148. The van der Waals surface area contributed by atoms with E-state index in [9.17, 15) is 24.9 Å². The van der Waals surface area contributed by atoms with E-state index in [4.69, 9.17) is 4.74 Å². The van der Waals surface area contributed by atoms with Crippen molar-refractivity contribution in [1.82, 2.24) is 10.0 Å². The predicted molar refractivity (Wildman–Crippen MR) is 80.0 cm³/mol. The predicted octanol–water partition coefficient (Wildman–Crippen LogP) is 0.142. The number of nitrogens with one attached hydrogen (secondary N) is 1. The van der Waals surface area contributed by atoms with Gasteiger partial charge in [0.05, 0.1) is 6.61 Å². The fourth-order valence-corrected chi connectivity index (χ4v) is 1.74. The molecule has 0 aliphatic rings. The summed E-state index contributed by atoms with van der Waals surface area (Å²) in [5.41, 5.74) is 0.748. The van der Waals surface area contributed by atoms with Gasteiger partial charge in [0, 0.05) is 12.1 Å². The maximum absolute atomic E-state index is 11.9. The van der Waals surface area contributed by atoms with Gasteiger partial charge >= 0.3 is 12.1 Å². The molecule has 0 saturated heterocycles. The highest BCUT2D eigenvalue weighted by Gasteiger charge is 2.25. The zero-order chi connectivity index (χ0) is 17.5. The van der Waals surface area contributed by atoms with Gasteiger partial charge in [-0.15, -0.1) is 4.73 Å². The van der Waals surface area contributed by atoms with Crippen LogP contribution in [0.1, 0.15) is 5.56 Å². The number of ether oxygens (including phenoxy) is 1. The monoisotopic (exact) mass is 336 g/mol. The second-order valence-corrected chi connectivity index (χ2v) is 4.70. The Morgan fingerprint density at radius 2 is 1.71 bits per heavy atom. The van der Waals surface area contributed by atoms with Gasteiger partial charge in [0.1, 0.15) is 6.61 Å². The number of aliphatic hydroxyl groups excluding tert-OH is 1. The first-order valence-electron chi connectivity index (χ1n) is 6.91. The molecule has 0 saturated carbocycles. The second kappa shape index (κ2) is 7.88. The van der Waals surface area contributed by atoms with E-state index in [-0.39, 0.29) is 6.61 Å². The average molecular weight is 336 g/mol. The first-order valence-corrected chi connectivity index (χ1v) is 6.91. The fourth-order valence-electron chi connectivity index (χ4n) is 1.74. The molecular weight excluding hydrogens is 320 g/mol. The van der Waals surface area contributed by atoms with Crippen molar-refractivity contribution in [2.75, 3.05) is 6.61 Å². The van der Waals surface area contributed by atoms with Gasteiger partial charge in [-0.25, -0.2) is 9.59 Å². The average Bonchev–Trinajstić information content (AvgIpc) is 2.90. The van der Waals surface area contributed by atoms with Crippen molar-refractivity contribution in [1.29, 1.82) is 0 Å². The molecule has 0 fully saturated rings. The van der Waals surface area contributed by atoms with Crippen LogP contribution in [0.2, 0.25) is 0 Å². The van der Waals surface area contributed by atoms with Crippen molar-refractivity contribution in [2.24, 2.45) is 0 Å². The van der Waals surface area contributed by atoms with Gasteiger partial charge in [0.2, 0.25) is 11.8 Å². The van der Waals surface area contributed by atoms with Gasteiger partial charge in [-0.1, -0.05) is 30.3 Å². The zero-order valence-electron chi connectivity index (χ0n) is 12.5. The third-order valence-corrected chi connectivity index (χ3v) is 2.95. The van der Waals surface area contributed by atoms with Gasteiger partial charge in [-0.3, -0.25) is 0 Å². The Labute approximate surface area is 136 Å². The number of aromatic hydroxyl groups is 2. The van der Waals surface area contributed by atoms with Crippen molar-refractivity contribution in [3.05, 3.63) is 48.0 Å². The Kier molecular flexibility index (Phi) is 5.63. The van der Waals surface area contributed by atoms with Crippen LogP contribution in [-0.4, -0.2) is 44.8 Å². The Balaban J connectivity index is 1.88. The molecule has 0 unspecified atom stereocenters. The maximum Gasteiger partial charge on any atom is 0.408 e. The number of alkyl carbamates (subject to hydrolysis) is 1. The summed E-state index contributed by atoms with van der Waals surface area (Å²) in [7, 11) is 0. The number of rotatable bonds is 6. The summed E-state index contributed by atoms with van der Waals surface area (Å²) in [5, 5.41) is 30.1. The number of nitrogens with zero attached hydrogens (tertiary/aromatic N) is 1. The molecule has 128 valence electrons. The SMILES string of the molecule is O=C(N[C@@H](CO)C(=O)On1c(O)ccc1O)OCc1ccccc1. The van der Waals surface area contributed by atoms with Crippen molar-refractivity contribution < 1.29 is 34.5 Å². The Bertz CT molecular complexity index is 680. The topological polar surface area (TPSA) is 130 Å². The third-order valence-electron chi connectivity index (χ3n) is 2.95. The number of carbonyl (C=O) groups excluding carboxylic acids is 2. The number of amides is 1. The molecule has 1 amide bonds. The number of benzene rings is 1. The minimum atomic E-state index is -1.44. The van der Waals surface area contributed by atoms with Gasteiger partial charge in [0.15, 0.2) is 6.04 Å². The zero-order valence-corrected chi connectivity index (χ0v) is 12.5. The third kappa shape index (κ3) is 4.40. The molecule has 1 heterocycles. The van der Waals surface area contributed by atoms with E-state index >= 15 is 0 Å². The molecular formula is C15H16N2O7. The molecule has 2 rings (SSSR count). The lowest BCUT2D eigenvalue weighted by Crippen LogP contribution is -2.47. The van der Waals surface area contributed by atoms with Crippen molar-refractivity contribution in [2.45, 2.75) is 12.6 Å². The van der Waals surface area contributed by atoms with Crippen LogP contribution < -0.4 is 10.2 Å². The standard InChI is InChI=1S/C15H16N2O7/c18-8-11(14(21)24-17-12(19)6-7-13(17)20)16-15(22)23-9-10-4-2-1-3-5-10/h1-7,11,18-20H,8-9H2,(H,16,22)/t11-/m0/s1. The summed E-state index contributed by atoms with van der Waals surface area (Å²) >= 11 is 0. The molecule has 4 N–H and O–H groups in total. The second-order valence-electron chi connectivity index (χ2n) is 4.70. The van der Waals surface area contributed by atoms with E-state index in [1.54, 1.807) is 24.3 Å². The van der Waals surface area contributed by atoms with Gasteiger partial charge in [-0.05, 0) is 5.56 Å². The molecule has 24 heavy (non-hydrogen) atoms. The van der Waals surface area contributed by atoms with Crippen LogP contribution in [0.5, 0.6) is 11.8 Å². The highest BCUT2D eigenvalue weighted by atomic mass is 16.7. The van der Waals surface area contributed by atoms with Crippen LogP contribution in [-0.2, 0) is 16.1 Å². The molecule has 9 nitrogen and oxygen atoms in total. The lowest BCUT2D eigenvalue weighted by molar-refractivity contribution is -0.148. The molecule has 1 aromatic carbocycles. The van der Waals surface area contributed by atoms with Gasteiger partial charge in [-0.2, -0.15) is 0 Å². The van der Waals surface area contributed by atoms with E-state index in [1.165, 1.54) is 0 Å². The first kappa shape index (κ1) is 17.2. The normalized spacial score (nSPS) is 11.5. The Morgan fingerprint density at radius 3 is 2.29 bits per heavy atom. The number of aliphatic hydroxyl groups is 1. The maximum atomic E-state index is 11.9. The molecule has 9 heteroatoms. The number of aromatic nitrogens is 1. The molecule has 1 atom stereocenters. The van der Waals surface area contributed by atoms with Crippen molar-refractivity contribution in [3.63, 3.8) is 0 Å². The van der Waals surface area contributed by atoms with E-state index in [0.29, 0.717) is 4.73 Å². The van der Waals surface area contributed by atoms with E-state index in [0.717, 1.165) is 17.7 Å². The highest BCUT2D eigenvalue weighted by Crippen LogP contribution is 2.18. The molecule has 0 bridgehead atoms. The largest absolute Gasteiger partial charge is 0.492 e. The summed E-state index contributed by atoms with van der Waals surface area (Å²) in [6.07, 6.45) is -0.934. The number of hydrogen-bond acceptors (Lipinski definition) is 7. The van der Waals surface area contributed by atoms with Gasteiger partial charge < -0.3 is 30.2 Å². The highest BCUT2D eigenvalue weighted by molar-refractivity contribution is 5.81. The molecule has 2 aromatic rings. The lowest BCUT2D eigenvalue weighted by Gasteiger charge is -2.15. The first-order chi connectivity index (χ1) is 11.5. The van der Waals surface area contributed by atoms with Crippen LogP contribution in [0, 0.1) is 0 Å². The van der Waals surface area contributed by atoms with E-state index in [1.807, 2.05) is 6.07 Å². The molecule has 0 aliphatic carbocycles. The molecule has 0 aliphatic heterocycles. The number of carbonyl (C=O) groups is 2. The Hall–Kier alpha value is -3.20. The molecule has 0 radical (unpaired) electrons.